The number of nitrogens with one attached hydrogen (secondary N) is 1. The molecular weight excluding hydrogens is 332 g/mol. The van der Waals surface area contributed by atoms with E-state index in [4.69, 9.17) is 0 Å². The lowest BCUT2D eigenvalue weighted by Gasteiger charge is -2.28. The molecule has 0 spiro atoms. The lowest BCUT2D eigenvalue weighted by Crippen LogP contribution is -2.39. The van der Waals surface area contributed by atoms with Crippen LogP contribution >= 0.6 is 15.9 Å². The van der Waals surface area contributed by atoms with Gasteiger partial charge in [-0.3, -0.25) is 9.69 Å². The fourth-order valence-electron chi connectivity index (χ4n) is 2.45. The van der Waals surface area contributed by atoms with E-state index >= 15 is 0 Å². The van der Waals surface area contributed by atoms with Crippen LogP contribution in [0.4, 0.5) is 5.82 Å². The predicted octanol–water partition coefficient (Wildman–Crippen LogP) is 2.20. The highest BCUT2D eigenvalue weighted by molar-refractivity contribution is 9.10. The number of piperidine rings is 1. The summed E-state index contributed by atoms with van der Waals surface area (Å²) < 4.78 is 0.902. The maximum Gasteiger partial charge on any atom is 0.239 e. The zero-order valence-corrected chi connectivity index (χ0v) is 14.1. The molecule has 1 saturated heterocycles. The van der Waals surface area contributed by atoms with Crippen LogP contribution in [0.15, 0.2) is 22.8 Å². The molecule has 6 heteroatoms. The molecule has 0 aromatic carbocycles. The molecule has 0 radical (unpaired) electrons. The summed E-state index contributed by atoms with van der Waals surface area (Å²) in [7, 11) is 1.98. The van der Waals surface area contributed by atoms with Crippen molar-refractivity contribution in [2.75, 3.05) is 45.1 Å². The molecule has 1 fully saturated rings. The minimum atomic E-state index is -0.0223. The van der Waals surface area contributed by atoms with E-state index in [2.05, 4.69) is 36.0 Å². The number of likely N-dealkylation sites (tertiary alicyclic amines) is 1. The topological polar surface area (TPSA) is 48.5 Å². The third kappa shape index (κ3) is 6.11. The Bertz CT molecular complexity index is 445. The quantitative estimate of drug-likeness (QED) is 0.850. The number of hydrogen-bond donors (Lipinski definition) is 1. The van der Waals surface area contributed by atoms with E-state index in [0.29, 0.717) is 12.4 Å². The van der Waals surface area contributed by atoms with Crippen LogP contribution in [-0.4, -0.2) is 60.5 Å². The van der Waals surface area contributed by atoms with Crippen molar-refractivity contribution in [3.05, 3.63) is 22.8 Å². The molecule has 1 aliphatic rings. The van der Waals surface area contributed by atoms with E-state index in [9.17, 15) is 4.79 Å². The Kier molecular flexibility index (Phi) is 6.60. The minimum Gasteiger partial charge on any atom is -0.310 e. The molecule has 0 saturated carbocycles. The SMILES string of the molecule is CN(CCN1CCCCC1)CC(=O)Nc1ccc(Br)cn1. The Hall–Kier alpha value is -0.980. The van der Waals surface area contributed by atoms with Gasteiger partial charge in [-0.05, 0) is 61.0 Å². The highest BCUT2D eigenvalue weighted by Gasteiger charge is 2.12. The Morgan fingerprint density at radius 3 is 2.81 bits per heavy atom. The molecule has 2 rings (SSSR count). The summed E-state index contributed by atoms with van der Waals surface area (Å²) in [5.41, 5.74) is 0. The summed E-state index contributed by atoms with van der Waals surface area (Å²) in [6.45, 7) is 4.75. The van der Waals surface area contributed by atoms with Gasteiger partial charge in [-0.25, -0.2) is 4.98 Å². The van der Waals surface area contributed by atoms with Gasteiger partial charge in [0.15, 0.2) is 0 Å². The first kappa shape index (κ1) is 16.4. The first-order valence-electron chi connectivity index (χ1n) is 7.46. The molecule has 21 heavy (non-hydrogen) atoms. The number of likely N-dealkylation sites (N-methyl/N-ethyl adjacent to an activating group) is 1. The second-order valence-electron chi connectivity index (χ2n) is 5.55. The number of anilines is 1. The summed E-state index contributed by atoms with van der Waals surface area (Å²) in [5.74, 6) is 0.568. The number of halogens is 1. The van der Waals surface area contributed by atoms with Gasteiger partial charge in [0.1, 0.15) is 5.82 Å². The van der Waals surface area contributed by atoms with Gasteiger partial charge in [-0.1, -0.05) is 6.42 Å². The number of carbonyl (C=O) groups excluding carboxylic acids is 1. The summed E-state index contributed by atoms with van der Waals surface area (Å²) in [6, 6.07) is 3.65. The van der Waals surface area contributed by atoms with Gasteiger partial charge < -0.3 is 10.2 Å². The number of hydrogen-bond acceptors (Lipinski definition) is 4. The Morgan fingerprint density at radius 1 is 1.38 bits per heavy atom. The number of pyridine rings is 1. The van der Waals surface area contributed by atoms with Gasteiger partial charge in [-0.2, -0.15) is 0 Å². The molecular formula is C15H23BrN4O. The average molecular weight is 355 g/mol. The minimum absolute atomic E-state index is 0.0223. The number of nitrogens with zero attached hydrogens (tertiary/aromatic N) is 3. The lowest BCUT2D eigenvalue weighted by atomic mass is 10.1. The van der Waals surface area contributed by atoms with Crippen LogP contribution in [0.1, 0.15) is 19.3 Å². The summed E-state index contributed by atoms with van der Waals surface area (Å²) in [4.78, 5) is 20.6. The van der Waals surface area contributed by atoms with Crippen LogP contribution in [0.5, 0.6) is 0 Å². The predicted molar refractivity (Wildman–Crippen MR) is 88.4 cm³/mol. The first-order valence-corrected chi connectivity index (χ1v) is 8.25. The van der Waals surface area contributed by atoms with Crippen LogP contribution in [0.25, 0.3) is 0 Å². The highest BCUT2D eigenvalue weighted by Crippen LogP contribution is 2.10. The van der Waals surface area contributed by atoms with Gasteiger partial charge in [0.2, 0.25) is 5.91 Å². The molecule has 0 atom stereocenters. The molecule has 1 N–H and O–H groups in total. The summed E-state index contributed by atoms with van der Waals surface area (Å²) >= 11 is 3.32. The molecule has 0 aliphatic carbocycles. The molecule has 1 aromatic rings. The van der Waals surface area contributed by atoms with Gasteiger partial charge in [0.25, 0.3) is 0 Å². The number of carbonyl (C=O) groups is 1. The van der Waals surface area contributed by atoms with E-state index in [1.807, 2.05) is 13.1 Å². The Morgan fingerprint density at radius 2 is 2.14 bits per heavy atom. The third-order valence-corrected chi connectivity index (χ3v) is 4.12. The first-order chi connectivity index (χ1) is 10.1. The second-order valence-corrected chi connectivity index (χ2v) is 6.47. The molecule has 5 nitrogen and oxygen atoms in total. The standard InChI is InChI=1S/C15H23BrN4O/c1-19(9-10-20-7-3-2-4-8-20)12-15(21)18-14-6-5-13(16)11-17-14/h5-6,11H,2-4,7-10,12H2,1H3,(H,17,18,21). The zero-order chi connectivity index (χ0) is 15.1. The van der Waals surface area contributed by atoms with Gasteiger partial charge in [-0.15, -0.1) is 0 Å². The number of rotatable bonds is 6. The fourth-order valence-corrected chi connectivity index (χ4v) is 2.69. The van der Waals surface area contributed by atoms with E-state index in [-0.39, 0.29) is 5.91 Å². The monoisotopic (exact) mass is 354 g/mol. The van der Waals surface area contributed by atoms with Crippen molar-refractivity contribution in [1.29, 1.82) is 0 Å². The molecule has 1 aromatic heterocycles. The van der Waals surface area contributed by atoms with Crippen molar-refractivity contribution in [3.63, 3.8) is 0 Å². The summed E-state index contributed by atoms with van der Waals surface area (Å²) in [5, 5.41) is 2.81. The van der Waals surface area contributed by atoms with Crippen molar-refractivity contribution in [2.45, 2.75) is 19.3 Å². The van der Waals surface area contributed by atoms with Gasteiger partial charge in [0, 0.05) is 23.8 Å². The van der Waals surface area contributed by atoms with Crippen molar-refractivity contribution >= 4 is 27.7 Å². The number of aromatic nitrogens is 1. The van der Waals surface area contributed by atoms with Crippen molar-refractivity contribution < 1.29 is 4.79 Å². The average Bonchev–Trinajstić information content (AvgIpc) is 2.48. The van der Waals surface area contributed by atoms with Crippen LogP contribution in [-0.2, 0) is 4.79 Å². The molecule has 1 amide bonds. The Labute approximate surface area is 134 Å². The van der Waals surface area contributed by atoms with E-state index < -0.39 is 0 Å². The van der Waals surface area contributed by atoms with Crippen LogP contribution < -0.4 is 5.32 Å². The van der Waals surface area contributed by atoms with Crippen LogP contribution in [0, 0.1) is 0 Å². The van der Waals surface area contributed by atoms with E-state index in [1.165, 1.54) is 32.4 Å². The van der Waals surface area contributed by atoms with Crippen molar-refractivity contribution in [2.24, 2.45) is 0 Å². The Balaban J connectivity index is 1.67. The molecule has 0 bridgehead atoms. The highest BCUT2D eigenvalue weighted by atomic mass is 79.9. The third-order valence-electron chi connectivity index (χ3n) is 3.66. The zero-order valence-electron chi connectivity index (χ0n) is 12.5. The maximum absolute atomic E-state index is 11.9. The maximum atomic E-state index is 11.9. The molecule has 1 aliphatic heterocycles. The fraction of sp³-hybridized carbons (Fsp3) is 0.600. The smallest absolute Gasteiger partial charge is 0.239 e. The van der Waals surface area contributed by atoms with Crippen LogP contribution in [0.3, 0.4) is 0 Å². The van der Waals surface area contributed by atoms with Crippen molar-refractivity contribution in [3.8, 4) is 0 Å². The summed E-state index contributed by atoms with van der Waals surface area (Å²) in [6.07, 6.45) is 5.64. The number of amides is 1. The van der Waals surface area contributed by atoms with Crippen LogP contribution in [0.2, 0.25) is 0 Å². The lowest BCUT2D eigenvalue weighted by molar-refractivity contribution is -0.117. The second kappa shape index (κ2) is 8.46. The van der Waals surface area contributed by atoms with Crippen molar-refractivity contribution in [1.82, 2.24) is 14.8 Å². The normalized spacial score (nSPS) is 16.1. The van der Waals surface area contributed by atoms with Gasteiger partial charge >= 0.3 is 0 Å². The van der Waals surface area contributed by atoms with Gasteiger partial charge in [0.05, 0.1) is 6.54 Å². The largest absolute Gasteiger partial charge is 0.310 e. The van der Waals surface area contributed by atoms with E-state index in [1.54, 1.807) is 12.3 Å². The molecule has 2 heterocycles. The molecule has 116 valence electrons. The molecule has 0 unspecified atom stereocenters. The van der Waals surface area contributed by atoms with E-state index in [0.717, 1.165) is 17.6 Å².